The molecule has 90 valence electrons. The minimum absolute atomic E-state index is 0.0898. The molecule has 0 radical (unpaired) electrons. The molecule has 0 unspecified atom stereocenters. The van der Waals surface area contributed by atoms with E-state index in [1.54, 1.807) is 6.92 Å². The second-order valence-corrected chi connectivity index (χ2v) is 4.22. The van der Waals surface area contributed by atoms with Gasteiger partial charge in [0.25, 0.3) is 0 Å². The Morgan fingerprint density at radius 2 is 1.76 bits per heavy atom. The Kier molecular flexibility index (Phi) is 3.36. The third kappa shape index (κ3) is 2.43. The summed E-state index contributed by atoms with van der Waals surface area (Å²) >= 11 is 0. The number of benzene rings is 1. The number of nitrogens with zero attached hydrogens (tertiary/aromatic N) is 1. The van der Waals surface area contributed by atoms with Gasteiger partial charge in [-0.1, -0.05) is 0 Å². The molecule has 1 aliphatic rings. The standard InChI is InChI=1S/C12H13F2N3/c1-7-2-9(13)12(10(14)3-7)8-5-16-11(4-15)17-6-8/h2-3,8,11,16-17H,5-6H2,1H3. The molecule has 1 saturated heterocycles. The van der Waals surface area contributed by atoms with E-state index in [-0.39, 0.29) is 11.5 Å². The first-order valence-electron chi connectivity index (χ1n) is 5.43. The van der Waals surface area contributed by atoms with Crippen LogP contribution in [0.15, 0.2) is 12.1 Å². The SMILES string of the molecule is Cc1cc(F)c(C2CNC(C#N)NC2)c(F)c1. The summed E-state index contributed by atoms with van der Waals surface area (Å²) < 4.78 is 27.4. The van der Waals surface area contributed by atoms with Crippen LogP contribution in [0.25, 0.3) is 0 Å². The highest BCUT2D eigenvalue weighted by Crippen LogP contribution is 2.24. The molecule has 3 nitrogen and oxygen atoms in total. The molecule has 2 N–H and O–H groups in total. The molecule has 1 fully saturated rings. The summed E-state index contributed by atoms with van der Waals surface area (Å²) in [6.45, 7) is 2.43. The Labute approximate surface area is 98.4 Å². The average Bonchev–Trinajstić information content (AvgIpc) is 2.28. The third-order valence-corrected chi connectivity index (χ3v) is 2.90. The van der Waals surface area contributed by atoms with Crippen molar-refractivity contribution in [2.45, 2.75) is 19.0 Å². The van der Waals surface area contributed by atoms with Crippen LogP contribution >= 0.6 is 0 Å². The lowest BCUT2D eigenvalue weighted by Gasteiger charge is -2.28. The number of nitrogens with one attached hydrogen (secondary N) is 2. The van der Waals surface area contributed by atoms with Gasteiger partial charge in [-0.2, -0.15) is 5.26 Å². The van der Waals surface area contributed by atoms with Crippen LogP contribution in [0.1, 0.15) is 17.0 Å². The van der Waals surface area contributed by atoms with E-state index in [0.29, 0.717) is 18.7 Å². The molecule has 2 rings (SSSR count). The van der Waals surface area contributed by atoms with Gasteiger partial charge in [-0.15, -0.1) is 0 Å². The number of halogens is 2. The van der Waals surface area contributed by atoms with Gasteiger partial charge in [-0.05, 0) is 24.6 Å². The lowest BCUT2D eigenvalue weighted by atomic mass is 9.95. The summed E-state index contributed by atoms with van der Waals surface area (Å²) in [6, 6.07) is 4.66. The summed E-state index contributed by atoms with van der Waals surface area (Å²) in [7, 11) is 0. The Hall–Kier alpha value is -1.51. The number of hydrogen-bond acceptors (Lipinski definition) is 3. The first-order valence-corrected chi connectivity index (χ1v) is 5.43. The molecule has 1 aromatic rings. The monoisotopic (exact) mass is 237 g/mol. The molecule has 0 bridgehead atoms. The van der Waals surface area contributed by atoms with Crippen LogP contribution in [0.3, 0.4) is 0 Å². The summed E-state index contributed by atoms with van der Waals surface area (Å²) in [4.78, 5) is 0. The first kappa shape index (κ1) is 12.0. The Balaban J connectivity index is 2.22. The second-order valence-electron chi connectivity index (χ2n) is 4.22. The topological polar surface area (TPSA) is 47.9 Å². The van der Waals surface area contributed by atoms with E-state index in [1.165, 1.54) is 12.1 Å². The molecular formula is C12H13F2N3. The third-order valence-electron chi connectivity index (χ3n) is 2.90. The highest BCUT2D eigenvalue weighted by atomic mass is 19.1. The maximum absolute atomic E-state index is 13.7. The van der Waals surface area contributed by atoms with Gasteiger partial charge >= 0.3 is 0 Å². The van der Waals surface area contributed by atoms with Crippen molar-refractivity contribution in [3.8, 4) is 6.07 Å². The first-order chi connectivity index (χ1) is 8.11. The molecule has 0 aromatic heterocycles. The van der Waals surface area contributed by atoms with E-state index >= 15 is 0 Å². The largest absolute Gasteiger partial charge is 0.289 e. The fraction of sp³-hybridized carbons (Fsp3) is 0.417. The zero-order chi connectivity index (χ0) is 12.4. The zero-order valence-corrected chi connectivity index (χ0v) is 9.43. The van der Waals surface area contributed by atoms with E-state index in [1.807, 2.05) is 6.07 Å². The van der Waals surface area contributed by atoms with E-state index in [2.05, 4.69) is 10.6 Å². The van der Waals surface area contributed by atoms with E-state index in [0.717, 1.165) is 0 Å². The smallest absolute Gasteiger partial charge is 0.147 e. The van der Waals surface area contributed by atoms with Gasteiger partial charge in [0.1, 0.15) is 17.8 Å². The quantitative estimate of drug-likeness (QED) is 0.776. The fourth-order valence-corrected chi connectivity index (χ4v) is 2.06. The molecule has 0 spiro atoms. The molecule has 1 aliphatic heterocycles. The van der Waals surface area contributed by atoms with Crippen LogP contribution in [0.4, 0.5) is 8.78 Å². The predicted octanol–water partition coefficient (Wildman–Crippen LogP) is 1.40. The molecular weight excluding hydrogens is 224 g/mol. The van der Waals surface area contributed by atoms with Crippen molar-refractivity contribution < 1.29 is 8.78 Å². The minimum Gasteiger partial charge on any atom is -0.289 e. The summed E-state index contributed by atoms with van der Waals surface area (Å²) in [5.74, 6) is -1.33. The molecule has 0 saturated carbocycles. The molecule has 0 atom stereocenters. The van der Waals surface area contributed by atoms with Crippen molar-refractivity contribution in [1.29, 1.82) is 5.26 Å². The van der Waals surface area contributed by atoms with Crippen LogP contribution in [0.2, 0.25) is 0 Å². The van der Waals surface area contributed by atoms with Crippen molar-refractivity contribution in [3.63, 3.8) is 0 Å². The number of hydrogen-bond donors (Lipinski definition) is 2. The highest BCUT2D eigenvalue weighted by Gasteiger charge is 2.25. The summed E-state index contributed by atoms with van der Waals surface area (Å²) in [6.07, 6.45) is -0.442. The van der Waals surface area contributed by atoms with Crippen LogP contribution in [0.5, 0.6) is 0 Å². The highest BCUT2D eigenvalue weighted by molar-refractivity contribution is 5.29. The maximum atomic E-state index is 13.7. The van der Waals surface area contributed by atoms with Gasteiger partial charge in [0, 0.05) is 24.6 Å². The molecule has 1 heterocycles. The van der Waals surface area contributed by atoms with E-state index < -0.39 is 17.8 Å². The van der Waals surface area contributed by atoms with Crippen LogP contribution in [0, 0.1) is 29.9 Å². The van der Waals surface area contributed by atoms with Crippen molar-refractivity contribution in [2.75, 3.05) is 13.1 Å². The molecule has 17 heavy (non-hydrogen) atoms. The van der Waals surface area contributed by atoms with E-state index in [9.17, 15) is 8.78 Å². The van der Waals surface area contributed by atoms with Crippen LogP contribution < -0.4 is 10.6 Å². The summed E-state index contributed by atoms with van der Waals surface area (Å²) in [5, 5.41) is 14.4. The number of rotatable bonds is 1. The van der Waals surface area contributed by atoms with Gasteiger partial charge in [-0.3, -0.25) is 10.6 Å². The molecule has 0 aliphatic carbocycles. The number of nitriles is 1. The summed E-state index contributed by atoms with van der Waals surface area (Å²) in [5.41, 5.74) is 0.655. The van der Waals surface area contributed by atoms with Crippen LogP contribution in [-0.4, -0.2) is 19.3 Å². The van der Waals surface area contributed by atoms with Gasteiger partial charge in [0.15, 0.2) is 0 Å². The van der Waals surface area contributed by atoms with E-state index in [4.69, 9.17) is 5.26 Å². The van der Waals surface area contributed by atoms with Crippen molar-refractivity contribution >= 4 is 0 Å². The van der Waals surface area contributed by atoms with Crippen LogP contribution in [-0.2, 0) is 0 Å². The predicted molar refractivity (Wildman–Crippen MR) is 59.2 cm³/mol. The lowest BCUT2D eigenvalue weighted by molar-refractivity contribution is 0.376. The number of aryl methyl sites for hydroxylation is 1. The Morgan fingerprint density at radius 1 is 1.24 bits per heavy atom. The van der Waals surface area contributed by atoms with Crippen molar-refractivity contribution in [1.82, 2.24) is 10.6 Å². The second kappa shape index (κ2) is 4.78. The lowest BCUT2D eigenvalue weighted by Crippen LogP contribution is -2.51. The zero-order valence-electron chi connectivity index (χ0n) is 9.43. The fourth-order valence-electron chi connectivity index (χ4n) is 2.06. The van der Waals surface area contributed by atoms with Gasteiger partial charge in [0.05, 0.1) is 6.07 Å². The van der Waals surface area contributed by atoms with Gasteiger partial charge in [0.2, 0.25) is 0 Å². The molecule has 1 aromatic carbocycles. The van der Waals surface area contributed by atoms with Crippen molar-refractivity contribution in [2.24, 2.45) is 0 Å². The average molecular weight is 237 g/mol. The van der Waals surface area contributed by atoms with Crippen molar-refractivity contribution in [3.05, 3.63) is 34.9 Å². The van der Waals surface area contributed by atoms with Gasteiger partial charge in [-0.25, -0.2) is 8.78 Å². The Bertz CT molecular complexity index is 436. The molecule has 0 amide bonds. The van der Waals surface area contributed by atoms with Gasteiger partial charge < -0.3 is 0 Å². The molecule has 5 heteroatoms. The maximum Gasteiger partial charge on any atom is 0.147 e. The minimum atomic E-state index is -0.522. The Morgan fingerprint density at radius 3 is 2.24 bits per heavy atom. The normalized spacial score (nSPS) is 24.4.